The van der Waals surface area contributed by atoms with Crippen molar-refractivity contribution in [2.45, 2.75) is 6.54 Å². The van der Waals surface area contributed by atoms with Crippen LogP contribution in [0.1, 0.15) is 11.1 Å². The van der Waals surface area contributed by atoms with Crippen LogP contribution in [0.4, 0.5) is 0 Å². The number of hydrogen-bond acceptors (Lipinski definition) is 1. The van der Waals surface area contributed by atoms with Crippen molar-refractivity contribution in [2.24, 2.45) is 0 Å². The van der Waals surface area contributed by atoms with Gasteiger partial charge in [0.15, 0.2) is 0 Å². The van der Waals surface area contributed by atoms with E-state index in [-0.39, 0.29) is 0 Å². The molecular formula is C14H17N. The molecule has 0 bridgehead atoms. The zero-order valence-electron chi connectivity index (χ0n) is 9.16. The van der Waals surface area contributed by atoms with Crippen molar-refractivity contribution in [2.75, 3.05) is 7.05 Å². The highest BCUT2D eigenvalue weighted by Crippen LogP contribution is 2.16. The summed E-state index contributed by atoms with van der Waals surface area (Å²) in [7, 11) is 1.95. The fourth-order valence-electron chi connectivity index (χ4n) is 1.43. The van der Waals surface area contributed by atoms with Crippen LogP contribution in [0, 0.1) is 0 Å². The van der Waals surface area contributed by atoms with Crippen LogP contribution in [0.5, 0.6) is 0 Å². The molecule has 0 aliphatic carbocycles. The van der Waals surface area contributed by atoms with E-state index in [1.54, 1.807) is 6.08 Å². The molecule has 1 aromatic carbocycles. The molecule has 1 aromatic rings. The minimum Gasteiger partial charge on any atom is -0.316 e. The number of allylic oxidation sites excluding steroid dienone is 4. The van der Waals surface area contributed by atoms with Crippen LogP contribution < -0.4 is 5.32 Å². The molecule has 0 unspecified atom stereocenters. The maximum Gasteiger partial charge on any atom is 0.0202 e. The van der Waals surface area contributed by atoms with Crippen LogP contribution >= 0.6 is 0 Å². The standard InChI is InChI=1S/C14H17N/c1-4-6-13(5-2)14-9-7-12(8-10-14)11-15-3/h4-10,15H,1-2,11H2,3H3/b13-6+. The van der Waals surface area contributed by atoms with Crippen LogP contribution in [0.2, 0.25) is 0 Å². The van der Waals surface area contributed by atoms with Gasteiger partial charge in [-0.2, -0.15) is 0 Å². The van der Waals surface area contributed by atoms with Crippen molar-refractivity contribution >= 4 is 5.57 Å². The summed E-state index contributed by atoms with van der Waals surface area (Å²) in [6, 6.07) is 8.44. The van der Waals surface area contributed by atoms with Crippen molar-refractivity contribution in [1.82, 2.24) is 5.32 Å². The molecule has 1 N–H and O–H groups in total. The minimum absolute atomic E-state index is 0.898. The smallest absolute Gasteiger partial charge is 0.0202 e. The Hall–Kier alpha value is -1.60. The molecule has 0 atom stereocenters. The monoisotopic (exact) mass is 199 g/mol. The Bertz CT molecular complexity index is 357. The van der Waals surface area contributed by atoms with Gasteiger partial charge in [-0.1, -0.05) is 55.7 Å². The average Bonchev–Trinajstić information content (AvgIpc) is 2.28. The zero-order valence-corrected chi connectivity index (χ0v) is 9.16. The van der Waals surface area contributed by atoms with Crippen LogP contribution in [-0.4, -0.2) is 7.05 Å². The van der Waals surface area contributed by atoms with Gasteiger partial charge in [0, 0.05) is 6.54 Å². The van der Waals surface area contributed by atoms with Gasteiger partial charge in [-0.05, 0) is 23.7 Å². The largest absolute Gasteiger partial charge is 0.316 e. The molecule has 78 valence electrons. The second-order valence-corrected chi connectivity index (χ2v) is 3.29. The van der Waals surface area contributed by atoms with Gasteiger partial charge in [0.1, 0.15) is 0 Å². The molecule has 1 nitrogen and oxygen atoms in total. The van der Waals surface area contributed by atoms with E-state index in [4.69, 9.17) is 0 Å². The first-order valence-electron chi connectivity index (χ1n) is 5.01. The predicted molar refractivity (Wildman–Crippen MR) is 67.6 cm³/mol. The van der Waals surface area contributed by atoms with Crippen molar-refractivity contribution in [1.29, 1.82) is 0 Å². The Morgan fingerprint density at radius 3 is 2.40 bits per heavy atom. The van der Waals surface area contributed by atoms with E-state index >= 15 is 0 Å². The summed E-state index contributed by atoms with van der Waals surface area (Å²) >= 11 is 0. The van der Waals surface area contributed by atoms with Gasteiger partial charge in [0.2, 0.25) is 0 Å². The first-order valence-corrected chi connectivity index (χ1v) is 5.01. The maximum atomic E-state index is 3.79. The third-order valence-corrected chi connectivity index (χ3v) is 2.19. The number of hydrogen-bond donors (Lipinski definition) is 1. The van der Waals surface area contributed by atoms with Crippen molar-refractivity contribution in [3.63, 3.8) is 0 Å². The van der Waals surface area contributed by atoms with Crippen molar-refractivity contribution in [3.05, 3.63) is 66.8 Å². The molecule has 1 rings (SSSR count). The van der Waals surface area contributed by atoms with Crippen LogP contribution in [0.25, 0.3) is 5.57 Å². The lowest BCUT2D eigenvalue weighted by atomic mass is 10.0. The molecule has 0 spiro atoms. The van der Waals surface area contributed by atoms with E-state index in [9.17, 15) is 0 Å². The highest BCUT2D eigenvalue weighted by atomic mass is 14.8. The third kappa shape index (κ3) is 3.22. The van der Waals surface area contributed by atoms with Crippen LogP contribution in [0.3, 0.4) is 0 Å². The normalized spacial score (nSPS) is 11.1. The van der Waals surface area contributed by atoms with E-state index < -0.39 is 0 Å². The molecule has 15 heavy (non-hydrogen) atoms. The summed E-state index contributed by atoms with van der Waals surface area (Å²) in [5, 5.41) is 3.12. The van der Waals surface area contributed by atoms with Gasteiger partial charge in [-0.25, -0.2) is 0 Å². The average molecular weight is 199 g/mol. The summed E-state index contributed by atoms with van der Waals surface area (Å²) in [6.07, 6.45) is 5.58. The molecule has 1 heteroatoms. The van der Waals surface area contributed by atoms with Gasteiger partial charge in [0.25, 0.3) is 0 Å². The number of nitrogens with one attached hydrogen (secondary N) is 1. The molecule has 0 aliphatic rings. The van der Waals surface area contributed by atoms with Crippen molar-refractivity contribution < 1.29 is 0 Å². The quantitative estimate of drug-likeness (QED) is 0.718. The summed E-state index contributed by atoms with van der Waals surface area (Å²) in [4.78, 5) is 0. The van der Waals surface area contributed by atoms with Crippen molar-refractivity contribution in [3.8, 4) is 0 Å². The third-order valence-electron chi connectivity index (χ3n) is 2.19. The van der Waals surface area contributed by atoms with Gasteiger partial charge < -0.3 is 5.32 Å². The van der Waals surface area contributed by atoms with Gasteiger partial charge in [-0.3, -0.25) is 0 Å². The van der Waals surface area contributed by atoms with E-state index in [0.29, 0.717) is 0 Å². The highest BCUT2D eigenvalue weighted by Gasteiger charge is 1.96. The Kier molecular flexibility index (Phi) is 4.58. The second kappa shape index (κ2) is 5.99. The number of rotatable bonds is 5. The minimum atomic E-state index is 0.898. The van der Waals surface area contributed by atoms with E-state index in [1.165, 1.54) is 11.1 Å². The zero-order chi connectivity index (χ0) is 11.1. The summed E-state index contributed by atoms with van der Waals surface area (Å²) < 4.78 is 0. The van der Waals surface area contributed by atoms with Gasteiger partial charge >= 0.3 is 0 Å². The lowest BCUT2D eigenvalue weighted by molar-refractivity contribution is 0.818. The molecule has 0 heterocycles. The maximum absolute atomic E-state index is 3.79. The molecule has 0 radical (unpaired) electrons. The first kappa shape index (κ1) is 11.5. The van der Waals surface area contributed by atoms with E-state index in [0.717, 1.165) is 12.1 Å². The van der Waals surface area contributed by atoms with Crippen LogP contribution in [-0.2, 0) is 6.54 Å². The summed E-state index contributed by atoms with van der Waals surface area (Å²) in [5.41, 5.74) is 3.55. The molecule has 0 fully saturated rings. The molecule has 0 aliphatic heterocycles. The highest BCUT2D eigenvalue weighted by molar-refractivity contribution is 5.74. The lowest BCUT2D eigenvalue weighted by Crippen LogP contribution is -2.04. The fraction of sp³-hybridized carbons (Fsp3) is 0.143. The van der Waals surface area contributed by atoms with E-state index in [1.807, 2.05) is 19.2 Å². The molecule has 0 saturated carbocycles. The Labute approximate surface area is 91.8 Å². The van der Waals surface area contributed by atoms with E-state index in [2.05, 4.69) is 42.7 Å². The molecular weight excluding hydrogens is 182 g/mol. The molecule has 0 amide bonds. The Balaban J connectivity index is 2.91. The van der Waals surface area contributed by atoms with Gasteiger partial charge in [0.05, 0.1) is 0 Å². The fourth-order valence-corrected chi connectivity index (χ4v) is 1.43. The second-order valence-electron chi connectivity index (χ2n) is 3.29. The lowest BCUT2D eigenvalue weighted by Gasteiger charge is -2.04. The number of benzene rings is 1. The molecule has 0 saturated heterocycles. The topological polar surface area (TPSA) is 12.0 Å². The summed E-state index contributed by atoms with van der Waals surface area (Å²) in [5.74, 6) is 0. The SMILES string of the molecule is C=C/C=C(\C=C)c1ccc(CNC)cc1. The predicted octanol–water partition coefficient (Wildman–Crippen LogP) is 3.16. The molecule has 0 aromatic heterocycles. The summed E-state index contributed by atoms with van der Waals surface area (Å²) in [6.45, 7) is 8.37. The Morgan fingerprint density at radius 1 is 1.27 bits per heavy atom. The van der Waals surface area contributed by atoms with Gasteiger partial charge in [-0.15, -0.1) is 0 Å². The first-order chi connectivity index (χ1) is 7.31. The van der Waals surface area contributed by atoms with Crippen LogP contribution in [0.15, 0.2) is 55.7 Å². The Morgan fingerprint density at radius 2 is 1.93 bits per heavy atom.